The van der Waals surface area contributed by atoms with Crippen LogP contribution in [0.15, 0.2) is 24.3 Å². The second kappa shape index (κ2) is 8.52. The average Bonchev–Trinajstić information content (AvgIpc) is 3.02. The fourth-order valence-electron chi connectivity index (χ4n) is 2.39. The first-order valence-corrected chi connectivity index (χ1v) is 8.43. The highest BCUT2D eigenvalue weighted by Gasteiger charge is 2.18. The molecular formula is C18H30NO4+. The van der Waals surface area contributed by atoms with Gasteiger partial charge >= 0.3 is 0 Å². The number of ether oxygens (including phenoxy) is 3. The van der Waals surface area contributed by atoms with Crippen LogP contribution in [0.4, 0.5) is 0 Å². The molecule has 0 aliphatic carbocycles. The van der Waals surface area contributed by atoms with Gasteiger partial charge in [-0.15, -0.1) is 0 Å². The van der Waals surface area contributed by atoms with Crippen LogP contribution in [-0.4, -0.2) is 49.2 Å². The zero-order valence-corrected chi connectivity index (χ0v) is 14.5. The van der Waals surface area contributed by atoms with Crippen LogP contribution >= 0.6 is 0 Å². The molecule has 5 heteroatoms. The number of hydrogen-bond acceptors (Lipinski definition) is 4. The van der Waals surface area contributed by atoms with E-state index in [0.29, 0.717) is 24.7 Å². The number of nitrogens with two attached hydrogens (primary N) is 1. The molecule has 0 aromatic heterocycles. The number of aliphatic hydroxyl groups excluding tert-OH is 1. The van der Waals surface area contributed by atoms with Crippen molar-refractivity contribution >= 4 is 0 Å². The Balaban J connectivity index is 1.79. The maximum Gasteiger partial charge on any atom is 0.161 e. The van der Waals surface area contributed by atoms with Crippen LogP contribution in [0.1, 0.15) is 33.6 Å². The predicted octanol–water partition coefficient (Wildman–Crippen LogP) is 1.35. The number of quaternary nitrogens is 1. The van der Waals surface area contributed by atoms with Gasteiger partial charge in [0.05, 0.1) is 11.6 Å². The van der Waals surface area contributed by atoms with Gasteiger partial charge in [0.25, 0.3) is 0 Å². The smallest absolute Gasteiger partial charge is 0.161 e. The lowest BCUT2D eigenvalue weighted by atomic mass is 10.1. The monoisotopic (exact) mass is 324 g/mol. The topological polar surface area (TPSA) is 64.5 Å². The van der Waals surface area contributed by atoms with Gasteiger partial charge in [-0.1, -0.05) is 12.1 Å². The first-order chi connectivity index (χ1) is 10.9. The van der Waals surface area contributed by atoms with Crippen LogP contribution in [0.25, 0.3) is 0 Å². The molecule has 3 N–H and O–H groups in total. The molecule has 23 heavy (non-hydrogen) atoms. The first kappa shape index (κ1) is 18.0. The summed E-state index contributed by atoms with van der Waals surface area (Å²) in [4.78, 5) is 0. The van der Waals surface area contributed by atoms with E-state index in [1.165, 1.54) is 0 Å². The third-order valence-corrected chi connectivity index (χ3v) is 3.73. The third kappa shape index (κ3) is 6.77. The normalized spacial score (nSPS) is 19.6. The molecule has 0 saturated carbocycles. The quantitative estimate of drug-likeness (QED) is 0.757. The summed E-state index contributed by atoms with van der Waals surface area (Å²) in [7, 11) is 0. The predicted molar refractivity (Wildman–Crippen MR) is 89.0 cm³/mol. The van der Waals surface area contributed by atoms with Crippen molar-refractivity contribution in [2.75, 3.05) is 26.4 Å². The molecule has 0 unspecified atom stereocenters. The van der Waals surface area contributed by atoms with Crippen molar-refractivity contribution in [2.24, 2.45) is 0 Å². The van der Waals surface area contributed by atoms with Crippen LogP contribution in [0.2, 0.25) is 0 Å². The molecule has 130 valence electrons. The maximum atomic E-state index is 10.1. The van der Waals surface area contributed by atoms with Gasteiger partial charge < -0.3 is 24.6 Å². The van der Waals surface area contributed by atoms with Crippen LogP contribution in [0, 0.1) is 0 Å². The molecular weight excluding hydrogens is 294 g/mol. The Morgan fingerprint density at radius 3 is 2.57 bits per heavy atom. The van der Waals surface area contributed by atoms with Gasteiger partial charge in [-0.05, 0) is 45.7 Å². The lowest BCUT2D eigenvalue weighted by Gasteiger charge is -2.20. The number of para-hydroxylation sites is 2. The van der Waals surface area contributed by atoms with E-state index >= 15 is 0 Å². The Hall–Kier alpha value is -1.30. The van der Waals surface area contributed by atoms with Gasteiger partial charge in [0, 0.05) is 6.61 Å². The van der Waals surface area contributed by atoms with E-state index in [-0.39, 0.29) is 18.2 Å². The van der Waals surface area contributed by atoms with Gasteiger partial charge in [0.1, 0.15) is 25.9 Å². The first-order valence-electron chi connectivity index (χ1n) is 8.43. The van der Waals surface area contributed by atoms with Crippen molar-refractivity contribution in [3.8, 4) is 11.5 Å². The molecule has 1 aliphatic rings. The summed E-state index contributed by atoms with van der Waals surface area (Å²) in [5.74, 6) is 1.37. The summed E-state index contributed by atoms with van der Waals surface area (Å²) in [6.07, 6.45) is 1.81. The Kier molecular flexibility index (Phi) is 6.69. The fourth-order valence-corrected chi connectivity index (χ4v) is 2.39. The van der Waals surface area contributed by atoms with Gasteiger partial charge in [-0.25, -0.2) is 0 Å². The fraction of sp³-hybridized carbons (Fsp3) is 0.667. The summed E-state index contributed by atoms with van der Waals surface area (Å²) in [5.41, 5.74) is 0.100. The van der Waals surface area contributed by atoms with Crippen LogP contribution in [-0.2, 0) is 4.74 Å². The number of rotatable bonds is 8. The van der Waals surface area contributed by atoms with E-state index < -0.39 is 6.10 Å². The van der Waals surface area contributed by atoms with E-state index in [4.69, 9.17) is 14.2 Å². The summed E-state index contributed by atoms with van der Waals surface area (Å²) < 4.78 is 17.1. The summed E-state index contributed by atoms with van der Waals surface area (Å²) in [5, 5.41) is 12.2. The minimum atomic E-state index is -0.513. The minimum absolute atomic E-state index is 0.100. The third-order valence-electron chi connectivity index (χ3n) is 3.73. The standard InChI is InChI=1S/C18H29NO4/c1-18(2,3)19-11-14(20)12-22-16-8-4-5-9-17(16)23-13-15-7-6-10-21-15/h4-5,8-9,14-15,19-20H,6-7,10-13H2,1-3H3/p+1/t14-,15-/m0/s1. The SMILES string of the molecule is CC(C)(C)[NH2+]C[C@H](O)COc1ccccc1OC[C@@H]1CCCO1. The van der Waals surface area contributed by atoms with E-state index in [2.05, 4.69) is 26.1 Å². The molecule has 1 aromatic carbocycles. The second-order valence-corrected chi connectivity index (χ2v) is 7.16. The highest BCUT2D eigenvalue weighted by atomic mass is 16.6. The zero-order chi connectivity index (χ0) is 16.7. The van der Waals surface area contributed by atoms with E-state index in [9.17, 15) is 5.11 Å². The van der Waals surface area contributed by atoms with E-state index in [1.807, 2.05) is 24.3 Å². The molecule has 1 fully saturated rings. The number of hydrogen-bond donors (Lipinski definition) is 2. The molecule has 1 heterocycles. The molecule has 0 amide bonds. The molecule has 1 aromatic rings. The number of benzene rings is 1. The van der Waals surface area contributed by atoms with E-state index in [0.717, 1.165) is 19.4 Å². The van der Waals surface area contributed by atoms with Gasteiger partial charge in [0.15, 0.2) is 11.5 Å². The van der Waals surface area contributed by atoms with Crippen LogP contribution < -0.4 is 14.8 Å². The second-order valence-electron chi connectivity index (χ2n) is 7.16. The van der Waals surface area contributed by atoms with E-state index in [1.54, 1.807) is 0 Å². The van der Waals surface area contributed by atoms with Crippen molar-refractivity contribution < 1.29 is 24.6 Å². The average molecular weight is 324 g/mol. The van der Waals surface area contributed by atoms with Crippen LogP contribution in [0.3, 0.4) is 0 Å². The van der Waals surface area contributed by atoms with Crippen molar-refractivity contribution in [3.05, 3.63) is 24.3 Å². The maximum absolute atomic E-state index is 10.1. The lowest BCUT2D eigenvalue weighted by molar-refractivity contribution is -0.722. The zero-order valence-electron chi connectivity index (χ0n) is 14.5. The van der Waals surface area contributed by atoms with Gasteiger partial charge in [-0.3, -0.25) is 0 Å². The van der Waals surface area contributed by atoms with Gasteiger partial charge in [0.2, 0.25) is 0 Å². The molecule has 2 rings (SSSR count). The lowest BCUT2D eigenvalue weighted by Crippen LogP contribution is -2.96. The van der Waals surface area contributed by atoms with Crippen molar-refractivity contribution in [1.82, 2.24) is 0 Å². The van der Waals surface area contributed by atoms with Crippen molar-refractivity contribution in [2.45, 2.75) is 51.4 Å². The van der Waals surface area contributed by atoms with Crippen molar-refractivity contribution in [1.29, 1.82) is 0 Å². The largest absolute Gasteiger partial charge is 0.487 e. The summed E-state index contributed by atoms with van der Waals surface area (Å²) in [6.45, 7) is 8.59. The highest BCUT2D eigenvalue weighted by molar-refractivity contribution is 5.39. The van der Waals surface area contributed by atoms with Crippen LogP contribution in [0.5, 0.6) is 11.5 Å². The van der Waals surface area contributed by atoms with Gasteiger partial charge in [-0.2, -0.15) is 0 Å². The summed E-state index contributed by atoms with van der Waals surface area (Å²) in [6, 6.07) is 7.58. The molecule has 1 saturated heterocycles. The molecule has 5 nitrogen and oxygen atoms in total. The Labute approximate surface area is 138 Å². The Bertz CT molecular complexity index is 466. The molecule has 1 aliphatic heterocycles. The molecule has 2 atom stereocenters. The van der Waals surface area contributed by atoms with Crippen molar-refractivity contribution in [3.63, 3.8) is 0 Å². The molecule has 0 spiro atoms. The highest BCUT2D eigenvalue weighted by Crippen LogP contribution is 2.27. The summed E-state index contributed by atoms with van der Waals surface area (Å²) >= 11 is 0. The number of aliphatic hydroxyl groups is 1. The Morgan fingerprint density at radius 1 is 1.26 bits per heavy atom. The Morgan fingerprint density at radius 2 is 1.96 bits per heavy atom. The minimum Gasteiger partial charge on any atom is -0.487 e. The molecule has 0 bridgehead atoms. The molecule has 0 radical (unpaired) electrons.